The molecule has 28 heavy (non-hydrogen) atoms. The van der Waals surface area contributed by atoms with Crippen molar-refractivity contribution in [2.24, 2.45) is 0 Å². The van der Waals surface area contributed by atoms with Crippen LogP contribution in [0.1, 0.15) is 25.5 Å². The molecule has 6 nitrogen and oxygen atoms in total. The number of para-hydroxylation sites is 1. The molecule has 0 saturated carbocycles. The Balaban J connectivity index is 1.97. The lowest BCUT2D eigenvalue weighted by Gasteiger charge is -2.30. The summed E-state index contributed by atoms with van der Waals surface area (Å²) >= 11 is 5.32. The van der Waals surface area contributed by atoms with Crippen LogP contribution in [0.15, 0.2) is 59.8 Å². The summed E-state index contributed by atoms with van der Waals surface area (Å²) in [7, 11) is 1.60. The molecule has 0 radical (unpaired) electrons. The number of benzene rings is 2. The monoisotopic (exact) mass is 397 g/mol. The lowest BCUT2D eigenvalue weighted by Crippen LogP contribution is -2.45. The van der Waals surface area contributed by atoms with E-state index in [1.165, 1.54) is 0 Å². The second kappa shape index (κ2) is 8.75. The Kier molecular flexibility index (Phi) is 6.16. The van der Waals surface area contributed by atoms with Gasteiger partial charge in [0.1, 0.15) is 0 Å². The van der Waals surface area contributed by atoms with E-state index in [1.54, 1.807) is 7.11 Å². The minimum atomic E-state index is -0.414. The Hall–Kier alpha value is -3.06. The van der Waals surface area contributed by atoms with Crippen LogP contribution in [0.5, 0.6) is 11.5 Å². The van der Waals surface area contributed by atoms with Gasteiger partial charge in [-0.05, 0) is 55.9 Å². The van der Waals surface area contributed by atoms with Gasteiger partial charge in [0, 0.05) is 11.4 Å². The molecule has 1 heterocycles. The molecule has 1 aliphatic heterocycles. The van der Waals surface area contributed by atoms with Gasteiger partial charge in [-0.3, -0.25) is 4.79 Å². The van der Waals surface area contributed by atoms with Crippen molar-refractivity contribution >= 4 is 28.9 Å². The smallest absolute Gasteiger partial charge is 0.255 e. The van der Waals surface area contributed by atoms with Gasteiger partial charge in [0.25, 0.3) is 5.91 Å². The molecule has 1 amide bonds. The Labute approximate surface area is 169 Å². The highest BCUT2D eigenvalue weighted by molar-refractivity contribution is 7.80. The standard InChI is InChI=1S/C21H23N3O3S/c1-4-27-17-12-14(10-11-16(17)26-3)19-18(13(2)22-21(28)24-19)20(25)23-15-8-6-5-7-9-15/h5-12,19H,4H2,1-3H3,(H,23,25)(H2,22,24,28)/t19-/m0/s1. The summed E-state index contributed by atoms with van der Waals surface area (Å²) in [6.07, 6.45) is 0. The van der Waals surface area contributed by atoms with Crippen LogP contribution in [0.2, 0.25) is 0 Å². The molecule has 0 fully saturated rings. The van der Waals surface area contributed by atoms with Crippen LogP contribution in [0.3, 0.4) is 0 Å². The topological polar surface area (TPSA) is 71.6 Å². The number of thiocarbonyl (C=S) groups is 1. The van der Waals surface area contributed by atoms with E-state index >= 15 is 0 Å². The Morgan fingerprint density at radius 3 is 2.61 bits per heavy atom. The summed E-state index contributed by atoms with van der Waals surface area (Å²) in [6.45, 7) is 4.26. The maximum Gasteiger partial charge on any atom is 0.255 e. The molecule has 0 unspecified atom stereocenters. The van der Waals surface area contributed by atoms with Crippen molar-refractivity contribution in [3.8, 4) is 11.5 Å². The zero-order valence-electron chi connectivity index (χ0n) is 16.0. The number of carbonyl (C=O) groups excluding carboxylic acids is 1. The van der Waals surface area contributed by atoms with E-state index in [0.29, 0.717) is 34.5 Å². The lowest BCUT2D eigenvalue weighted by atomic mass is 9.94. The molecule has 3 rings (SSSR count). The van der Waals surface area contributed by atoms with Gasteiger partial charge in [-0.15, -0.1) is 0 Å². The van der Waals surface area contributed by atoms with Gasteiger partial charge in [-0.1, -0.05) is 24.3 Å². The van der Waals surface area contributed by atoms with Gasteiger partial charge in [0.2, 0.25) is 0 Å². The molecule has 1 atom stereocenters. The molecular formula is C21H23N3O3S. The fourth-order valence-corrected chi connectivity index (χ4v) is 3.38. The fourth-order valence-electron chi connectivity index (χ4n) is 3.11. The Morgan fingerprint density at radius 1 is 1.18 bits per heavy atom. The first-order valence-corrected chi connectivity index (χ1v) is 9.39. The van der Waals surface area contributed by atoms with Gasteiger partial charge in [-0.25, -0.2) is 0 Å². The summed E-state index contributed by atoms with van der Waals surface area (Å²) in [5.74, 6) is 1.05. The quantitative estimate of drug-likeness (QED) is 0.648. The molecular weight excluding hydrogens is 374 g/mol. The van der Waals surface area contributed by atoms with Crippen LogP contribution >= 0.6 is 12.2 Å². The molecule has 0 aliphatic carbocycles. The summed E-state index contributed by atoms with van der Waals surface area (Å²) in [5.41, 5.74) is 2.84. The second-order valence-electron chi connectivity index (χ2n) is 6.23. The lowest BCUT2D eigenvalue weighted by molar-refractivity contribution is -0.113. The largest absolute Gasteiger partial charge is 0.493 e. The summed E-state index contributed by atoms with van der Waals surface area (Å²) in [5, 5.41) is 9.64. The molecule has 1 aliphatic rings. The summed E-state index contributed by atoms with van der Waals surface area (Å²) in [4.78, 5) is 13.1. The first-order valence-electron chi connectivity index (χ1n) is 8.99. The molecule has 7 heteroatoms. The molecule has 0 spiro atoms. The van der Waals surface area contributed by atoms with Crippen molar-refractivity contribution < 1.29 is 14.3 Å². The number of nitrogens with one attached hydrogen (secondary N) is 3. The number of methoxy groups -OCH3 is 1. The van der Waals surface area contributed by atoms with Crippen molar-refractivity contribution in [1.29, 1.82) is 0 Å². The third-order valence-corrected chi connectivity index (χ3v) is 4.59. The average Bonchev–Trinajstić information content (AvgIpc) is 2.68. The first kappa shape index (κ1) is 19.7. The van der Waals surface area contributed by atoms with E-state index in [-0.39, 0.29) is 5.91 Å². The number of rotatable bonds is 6. The zero-order valence-corrected chi connectivity index (χ0v) is 16.9. The predicted molar refractivity (Wildman–Crippen MR) is 114 cm³/mol. The van der Waals surface area contributed by atoms with Crippen LogP contribution in [0.4, 0.5) is 5.69 Å². The van der Waals surface area contributed by atoms with Crippen LogP contribution < -0.4 is 25.4 Å². The van der Waals surface area contributed by atoms with Crippen molar-refractivity contribution in [2.45, 2.75) is 19.9 Å². The van der Waals surface area contributed by atoms with Crippen LogP contribution in [-0.4, -0.2) is 24.7 Å². The maximum atomic E-state index is 13.1. The molecule has 0 aromatic heterocycles. The van der Waals surface area contributed by atoms with Crippen molar-refractivity contribution in [3.05, 3.63) is 65.4 Å². The number of anilines is 1. The molecule has 146 valence electrons. The van der Waals surface area contributed by atoms with Gasteiger partial charge in [0.05, 0.1) is 25.3 Å². The maximum absolute atomic E-state index is 13.1. The van der Waals surface area contributed by atoms with Gasteiger partial charge in [0.15, 0.2) is 16.6 Å². The molecule has 0 saturated heterocycles. The highest BCUT2D eigenvalue weighted by atomic mass is 32.1. The molecule has 2 aromatic rings. The van der Waals surface area contributed by atoms with E-state index in [4.69, 9.17) is 21.7 Å². The van der Waals surface area contributed by atoms with E-state index in [2.05, 4.69) is 16.0 Å². The highest BCUT2D eigenvalue weighted by Crippen LogP contribution is 2.34. The van der Waals surface area contributed by atoms with Crippen LogP contribution in [0, 0.1) is 0 Å². The third-order valence-electron chi connectivity index (χ3n) is 4.37. The number of allylic oxidation sites excluding steroid dienone is 1. The van der Waals surface area contributed by atoms with Gasteiger partial charge >= 0.3 is 0 Å². The Bertz CT molecular complexity index is 912. The minimum Gasteiger partial charge on any atom is -0.493 e. The van der Waals surface area contributed by atoms with E-state index in [1.807, 2.05) is 62.4 Å². The van der Waals surface area contributed by atoms with Crippen LogP contribution in [-0.2, 0) is 4.79 Å². The van der Waals surface area contributed by atoms with Crippen molar-refractivity contribution in [2.75, 3.05) is 19.0 Å². The predicted octanol–water partition coefficient (Wildman–Crippen LogP) is 3.53. The molecule has 3 N–H and O–H groups in total. The highest BCUT2D eigenvalue weighted by Gasteiger charge is 2.30. The van der Waals surface area contributed by atoms with Crippen LogP contribution in [0.25, 0.3) is 0 Å². The van der Waals surface area contributed by atoms with Gasteiger partial charge < -0.3 is 25.4 Å². The van der Waals surface area contributed by atoms with E-state index in [0.717, 1.165) is 11.3 Å². The SMILES string of the molecule is CCOc1cc([C@@H]2NC(=S)NC(C)=C2C(=O)Nc2ccccc2)ccc1OC. The normalized spacial score (nSPS) is 16.1. The van der Waals surface area contributed by atoms with E-state index in [9.17, 15) is 4.79 Å². The minimum absolute atomic E-state index is 0.204. The number of carbonyl (C=O) groups is 1. The van der Waals surface area contributed by atoms with Crippen molar-refractivity contribution in [1.82, 2.24) is 10.6 Å². The molecule has 0 bridgehead atoms. The third kappa shape index (κ3) is 4.26. The number of ether oxygens (including phenoxy) is 2. The summed E-state index contributed by atoms with van der Waals surface area (Å²) in [6, 6.07) is 14.5. The molecule has 2 aromatic carbocycles. The number of hydrogen-bond donors (Lipinski definition) is 3. The van der Waals surface area contributed by atoms with E-state index < -0.39 is 6.04 Å². The number of amides is 1. The zero-order chi connectivity index (χ0) is 20.1. The fraction of sp³-hybridized carbons (Fsp3) is 0.238. The second-order valence-corrected chi connectivity index (χ2v) is 6.64. The van der Waals surface area contributed by atoms with Crippen molar-refractivity contribution in [3.63, 3.8) is 0 Å². The Morgan fingerprint density at radius 2 is 1.93 bits per heavy atom. The first-order chi connectivity index (χ1) is 13.5. The number of hydrogen-bond acceptors (Lipinski definition) is 4. The summed E-state index contributed by atoms with van der Waals surface area (Å²) < 4.78 is 11.0. The average molecular weight is 398 g/mol. The van der Waals surface area contributed by atoms with Gasteiger partial charge in [-0.2, -0.15) is 0 Å².